The normalized spacial score (nSPS) is 21.9. The maximum Gasteiger partial charge on any atom is 0.123 e. The lowest BCUT2D eigenvalue weighted by atomic mass is 9.95. The topological polar surface area (TPSA) is 15.3 Å². The van der Waals surface area contributed by atoms with Gasteiger partial charge in [0.05, 0.1) is 0 Å². The van der Waals surface area contributed by atoms with Crippen LogP contribution in [0, 0.1) is 5.82 Å². The van der Waals surface area contributed by atoms with E-state index < -0.39 is 0 Å². The number of hydrogen-bond acceptors (Lipinski definition) is 2. The molecular weight excluding hydrogens is 251 g/mol. The number of nitrogens with zero attached hydrogens (tertiary/aromatic N) is 1. The van der Waals surface area contributed by atoms with Crippen molar-refractivity contribution in [3.05, 3.63) is 35.6 Å². The number of hydrogen-bond donors (Lipinski definition) is 1. The summed E-state index contributed by atoms with van der Waals surface area (Å²) in [5.74, 6) is -0.125. The first-order chi connectivity index (χ1) is 9.70. The van der Waals surface area contributed by atoms with Crippen LogP contribution >= 0.6 is 0 Å². The van der Waals surface area contributed by atoms with E-state index >= 15 is 0 Å². The van der Waals surface area contributed by atoms with Gasteiger partial charge >= 0.3 is 0 Å². The third-order valence-corrected chi connectivity index (χ3v) is 4.39. The van der Waals surface area contributed by atoms with Gasteiger partial charge in [0.15, 0.2) is 0 Å². The average Bonchev–Trinajstić information content (AvgIpc) is 2.45. The molecule has 0 saturated carbocycles. The summed E-state index contributed by atoms with van der Waals surface area (Å²) >= 11 is 0. The van der Waals surface area contributed by atoms with Gasteiger partial charge in [-0.2, -0.15) is 0 Å². The molecule has 0 aliphatic carbocycles. The van der Waals surface area contributed by atoms with Gasteiger partial charge in [-0.05, 0) is 70.4 Å². The first-order valence-electron chi connectivity index (χ1n) is 7.85. The second-order valence-electron chi connectivity index (χ2n) is 5.96. The molecule has 2 rings (SSSR count). The van der Waals surface area contributed by atoms with Crippen LogP contribution in [0.1, 0.15) is 38.2 Å². The van der Waals surface area contributed by atoms with E-state index in [1.54, 1.807) is 6.07 Å². The van der Waals surface area contributed by atoms with E-state index in [2.05, 4.69) is 17.1 Å². The molecule has 2 nitrogen and oxygen atoms in total. The first kappa shape index (κ1) is 15.5. The van der Waals surface area contributed by atoms with Crippen LogP contribution in [-0.2, 0) is 6.42 Å². The van der Waals surface area contributed by atoms with Crippen molar-refractivity contribution in [2.24, 2.45) is 0 Å². The minimum atomic E-state index is -0.125. The van der Waals surface area contributed by atoms with E-state index in [1.165, 1.54) is 38.3 Å². The van der Waals surface area contributed by atoms with Gasteiger partial charge in [0.25, 0.3) is 0 Å². The summed E-state index contributed by atoms with van der Waals surface area (Å²) < 4.78 is 13.3. The monoisotopic (exact) mass is 278 g/mol. The highest BCUT2D eigenvalue weighted by molar-refractivity contribution is 5.17. The van der Waals surface area contributed by atoms with Gasteiger partial charge in [-0.15, -0.1) is 0 Å². The maximum atomic E-state index is 13.3. The highest BCUT2D eigenvalue weighted by Crippen LogP contribution is 2.23. The van der Waals surface area contributed by atoms with Gasteiger partial charge in [0.1, 0.15) is 5.82 Å². The molecule has 1 aliphatic heterocycles. The van der Waals surface area contributed by atoms with Crippen molar-refractivity contribution in [2.75, 3.05) is 20.1 Å². The Morgan fingerprint density at radius 2 is 2.25 bits per heavy atom. The Labute approximate surface area is 122 Å². The summed E-state index contributed by atoms with van der Waals surface area (Å²) in [5, 5.41) is 3.26. The van der Waals surface area contributed by atoms with E-state index in [1.807, 2.05) is 19.2 Å². The lowest BCUT2D eigenvalue weighted by Crippen LogP contribution is -2.46. The Bertz CT molecular complexity index is 408. The van der Waals surface area contributed by atoms with E-state index in [4.69, 9.17) is 0 Å². The van der Waals surface area contributed by atoms with E-state index in [0.29, 0.717) is 12.1 Å². The fourth-order valence-electron chi connectivity index (χ4n) is 3.35. The van der Waals surface area contributed by atoms with Crippen LogP contribution in [0.25, 0.3) is 0 Å². The third-order valence-electron chi connectivity index (χ3n) is 4.39. The van der Waals surface area contributed by atoms with Gasteiger partial charge in [-0.1, -0.05) is 18.6 Å². The van der Waals surface area contributed by atoms with Crippen LogP contribution < -0.4 is 5.32 Å². The van der Waals surface area contributed by atoms with Crippen LogP contribution in [-0.4, -0.2) is 37.1 Å². The molecule has 2 unspecified atom stereocenters. The minimum absolute atomic E-state index is 0.125. The molecule has 2 atom stereocenters. The summed E-state index contributed by atoms with van der Waals surface area (Å²) in [6.45, 7) is 4.54. The number of halogens is 1. The number of piperidine rings is 1. The van der Waals surface area contributed by atoms with Crippen LogP contribution in [0.4, 0.5) is 4.39 Å². The molecule has 3 heteroatoms. The predicted octanol–water partition coefficient (Wildman–Crippen LogP) is 3.22. The number of likely N-dealkylation sites (tertiary alicyclic amines) is 1. The van der Waals surface area contributed by atoms with Crippen LogP contribution in [0.5, 0.6) is 0 Å². The van der Waals surface area contributed by atoms with Gasteiger partial charge in [-0.3, -0.25) is 4.90 Å². The number of nitrogens with one attached hydrogen (secondary N) is 1. The predicted molar refractivity (Wildman–Crippen MR) is 82.5 cm³/mol. The van der Waals surface area contributed by atoms with E-state index in [-0.39, 0.29) is 5.82 Å². The molecule has 1 aromatic rings. The summed E-state index contributed by atoms with van der Waals surface area (Å²) in [6, 6.07) is 8.20. The highest BCUT2D eigenvalue weighted by atomic mass is 19.1. The fourth-order valence-corrected chi connectivity index (χ4v) is 3.35. The van der Waals surface area contributed by atoms with E-state index in [9.17, 15) is 4.39 Å². The third kappa shape index (κ3) is 4.29. The molecule has 1 saturated heterocycles. The molecule has 1 N–H and O–H groups in total. The van der Waals surface area contributed by atoms with Crippen molar-refractivity contribution in [3.63, 3.8) is 0 Å². The quantitative estimate of drug-likeness (QED) is 0.859. The molecule has 112 valence electrons. The molecule has 0 amide bonds. The number of rotatable bonds is 6. The SMILES string of the molecule is CNCCC1CCCCN1C(C)Cc1cccc(F)c1. The lowest BCUT2D eigenvalue weighted by Gasteiger charge is -2.40. The van der Waals surface area contributed by atoms with Crippen LogP contribution in [0.2, 0.25) is 0 Å². The Morgan fingerprint density at radius 3 is 3.00 bits per heavy atom. The van der Waals surface area contributed by atoms with Gasteiger partial charge in [0, 0.05) is 12.1 Å². The minimum Gasteiger partial charge on any atom is -0.320 e. The zero-order valence-electron chi connectivity index (χ0n) is 12.7. The Morgan fingerprint density at radius 1 is 1.40 bits per heavy atom. The van der Waals surface area contributed by atoms with Crippen molar-refractivity contribution in [2.45, 2.75) is 51.1 Å². The Kier molecular flexibility index (Phi) is 5.99. The Hall–Kier alpha value is -0.930. The zero-order chi connectivity index (χ0) is 14.4. The molecule has 1 aromatic carbocycles. The van der Waals surface area contributed by atoms with Crippen LogP contribution in [0.15, 0.2) is 24.3 Å². The van der Waals surface area contributed by atoms with Crippen LogP contribution in [0.3, 0.4) is 0 Å². The van der Waals surface area contributed by atoms with Gasteiger partial charge < -0.3 is 5.32 Å². The molecule has 1 heterocycles. The standard InChI is InChI=1S/C17H27FN2/c1-14(12-15-6-5-7-16(18)13-15)20-11-4-3-8-17(20)9-10-19-2/h5-7,13-14,17,19H,3-4,8-12H2,1-2H3. The summed E-state index contributed by atoms with van der Waals surface area (Å²) in [4.78, 5) is 2.63. The lowest BCUT2D eigenvalue weighted by molar-refractivity contribution is 0.0970. The summed E-state index contributed by atoms with van der Waals surface area (Å²) in [7, 11) is 2.02. The van der Waals surface area contributed by atoms with Crippen molar-refractivity contribution >= 4 is 0 Å². The fraction of sp³-hybridized carbons (Fsp3) is 0.647. The molecule has 1 aliphatic rings. The van der Waals surface area contributed by atoms with Crippen molar-refractivity contribution in [3.8, 4) is 0 Å². The zero-order valence-corrected chi connectivity index (χ0v) is 12.7. The highest BCUT2D eigenvalue weighted by Gasteiger charge is 2.26. The van der Waals surface area contributed by atoms with Gasteiger partial charge in [0.2, 0.25) is 0 Å². The smallest absolute Gasteiger partial charge is 0.123 e. The molecule has 0 radical (unpaired) electrons. The van der Waals surface area contributed by atoms with Crippen molar-refractivity contribution in [1.29, 1.82) is 0 Å². The van der Waals surface area contributed by atoms with Crippen molar-refractivity contribution < 1.29 is 4.39 Å². The first-order valence-corrected chi connectivity index (χ1v) is 7.85. The molecule has 0 bridgehead atoms. The second-order valence-corrected chi connectivity index (χ2v) is 5.96. The average molecular weight is 278 g/mol. The molecular formula is C17H27FN2. The second kappa shape index (κ2) is 7.75. The summed E-state index contributed by atoms with van der Waals surface area (Å²) in [5.41, 5.74) is 1.11. The molecule has 0 spiro atoms. The molecule has 20 heavy (non-hydrogen) atoms. The molecule has 1 fully saturated rings. The largest absolute Gasteiger partial charge is 0.320 e. The van der Waals surface area contributed by atoms with E-state index in [0.717, 1.165) is 18.5 Å². The summed E-state index contributed by atoms with van der Waals surface area (Å²) in [6.07, 6.45) is 6.09. The number of benzene rings is 1. The van der Waals surface area contributed by atoms with Gasteiger partial charge in [-0.25, -0.2) is 4.39 Å². The maximum absolute atomic E-state index is 13.3. The molecule has 0 aromatic heterocycles. The van der Waals surface area contributed by atoms with Crippen molar-refractivity contribution in [1.82, 2.24) is 10.2 Å². The Balaban J connectivity index is 1.96.